The van der Waals surface area contributed by atoms with Gasteiger partial charge in [0.25, 0.3) is 5.91 Å². The van der Waals surface area contributed by atoms with Gasteiger partial charge in [0.05, 0.1) is 23.4 Å². The first-order valence-corrected chi connectivity index (χ1v) is 11.8. The lowest BCUT2D eigenvalue weighted by Crippen LogP contribution is -2.39. The Morgan fingerprint density at radius 1 is 1.22 bits per heavy atom. The van der Waals surface area contributed by atoms with Crippen LogP contribution in [0.1, 0.15) is 40.7 Å². The van der Waals surface area contributed by atoms with E-state index in [1.807, 2.05) is 29.5 Å². The van der Waals surface area contributed by atoms with E-state index in [4.69, 9.17) is 9.72 Å². The van der Waals surface area contributed by atoms with Gasteiger partial charge in [-0.15, -0.1) is 12.4 Å². The molecular formula is C23H32ClN5O2S. The predicted molar refractivity (Wildman–Crippen MR) is 133 cm³/mol. The number of aryl methyl sites for hydroxylation is 4. The Morgan fingerprint density at radius 3 is 2.66 bits per heavy atom. The van der Waals surface area contributed by atoms with E-state index in [-0.39, 0.29) is 18.3 Å². The van der Waals surface area contributed by atoms with Crippen LogP contribution in [0.5, 0.6) is 0 Å². The number of thiazole rings is 1. The quantitative estimate of drug-likeness (QED) is 0.509. The van der Waals surface area contributed by atoms with Crippen molar-refractivity contribution in [2.24, 2.45) is 0 Å². The van der Waals surface area contributed by atoms with Crippen molar-refractivity contribution in [1.29, 1.82) is 0 Å². The van der Waals surface area contributed by atoms with Crippen molar-refractivity contribution in [2.45, 2.75) is 40.7 Å². The smallest absolute Gasteiger partial charge is 0.280 e. The first-order valence-electron chi connectivity index (χ1n) is 11.0. The number of nitrogens with zero attached hydrogens (tertiary/aromatic N) is 5. The minimum Gasteiger partial charge on any atom is -0.379 e. The second-order valence-electron chi connectivity index (χ2n) is 8.10. The third-order valence-corrected chi connectivity index (χ3v) is 7.05. The van der Waals surface area contributed by atoms with E-state index in [2.05, 4.69) is 36.0 Å². The summed E-state index contributed by atoms with van der Waals surface area (Å²) in [7, 11) is 0. The molecule has 0 N–H and O–H groups in total. The molecule has 7 nitrogen and oxygen atoms in total. The second-order valence-corrected chi connectivity index (χ2v) is 9.11. The van der Waals surface area contributed by atoms with Crippen molar-refractivity contribution < 1.29 is 9.53 Å². The number of ether oxygens (including phenoxy) is 1. The molecule has 1 aromatic carbocycles. The third-order valence-electron chi connectivity index (χ3n) is 6.01. The van der Waals surface area contributed by atoms with E-state index in [0.29, 0.717) is 12.2 Å². The molecule has 0 atom stereocenters. The Labute approximate surface area is 199 Å². The maximum absolute atomic E-state index is 13.5. The van der Waals surface area contributed by atoms with Crippen molar-refractivity contribution in [3.8, 4) is 0 Å². The summed E-state index contributed by atoms with van der Waals surface area (Å²) in [6.45, 7) is 14.0. The number of morpholine rings is 1. The summed E-state index contributed by atoms with van der Waals surface area (Å²) in [6.07, 6.45) is 0.882. The number of carbonyl (C=O) groups excluding carboxylic acids is 1. The number of hydrogen-bond acceptors (Lipinski definition) is 6. The van der Waals surface area contributed by atoms with Crippen LogP contribution in [0.15, 0.2) is 18.2 Å². The molecule has 0 bridgehead atoms. The van der Waals surface area contributed by atoms with Crippen molar-refractivity contribution in [1.82, 2.24) is 19.7 Å². The highest BCUT2D eigenvalue weighted by Crippen LogP contribution is 2.32. The van der Waals surface area contributed by atoms with Gasteiger partial charge in [-0.05, 0) is 57.4 Å². The maximum Gasteiger partial charge on any atom is 0.280 e. The lowest BCUT2D eigenvalue weighted by molar-refractivity contribution is 0.0376. The molecule has 32 heavy (non-hydrogen) atoms. The summed E-state index contributed by atoms with van der Waals surface area (Å²) >= 11 is 1.58. The lowest BCUT2D eigenvalue weighted by atomic mass is 10.1. The number of fused-ring (bicyclic) bond motifs is 1. The summed E-state index contributed by atoms with van der Waals surface area (Å²) in [5, 5.41) is 5.28. The standard InChI is InChI=1S/C23H31N5O2S.ClH/c1-5-28-17(3)15-19(25-28)22(29)27(10-6-9-26-11-13-30-14-12-26)23-24-21-18(4)16(2)7-8-20(21)31-23;/h7-8,15H,5-6,9-14H2,1-4H3;1H. The first-order chi connectivity index (χ1) is 15.0. The van der Waals surface area contributed by atoms with E-state index >= 15 is 0 Å². The summed E-state index contributed by atoms with van der Waals surface area (Å²) in [4.78, 5) is 22.6. The summed E-state index contributed by atoms with van der Waals surface area (Å²) < 4.78 is 8.42. The van der Waals surface area contributed by atoms with Crippen LogP contribution >= 0.6 is 23.7 Å². The van der Waals surface area contributed by atoms with Gasteiger partial charge in [0, 0.05) is 38.4 Å². The highest BCUT2D eigenvalue weighted by Gasteiger charge is 2.25. The third kappa shape index (κ3) is 5.14. The van der Waals surface area contributed by atoms with Gasteiger partial charge in [-0.2, -0.15) is 5.10 Å². The monoisotopic (exact) mass is 477 g/mol. The topological polar surface area (TPSA) is 63.5 Å². The second kappa shape index (κ2) is 10.7. The van der Waals surface area contributed by atoms with Gasteiger partial charge >= 0.3 is 0 Å². The minimum absolute atomic E-state index is 0. The van der Waals surface area contributed by atoms with E-state index < -0.39 is 0 Å². The van der Waals surface area contributed by atoms with E-state index in [1.165, 1.54) is 11.1 Å². The number of halogens is 1. The van der Waals surface area contributed by atoms with Crippen molar-refractivity contribution in [3.05, 3.63) is 40.7 Å². The lowest BCUT2D eigenvalue weighted by Gasteiger charge is -2.27. The molecule has 1 aliphatic rings. The minimum atomic E-state index is -0.0780. The Bertz CT molecular complexity index is 1070. The maximum atomic E-state index is 13.5. The summed E-state index contributed by atoms with van der Waals surface area (Å²) in [5.41, 5.74) is 4.85. The number of aromatic nitrogens is 3. The summed E-state index contributed by atoms with van der Waals surface area (Å²) in [6, 6.07) is 6.10. The zero-order chi connectivity index (χ0) is 22.0. The molecule has 3 aromatic rings. The van der Waals surface area contributed by atoms with Crippen LogP contribution in [0, 0.1) is 20.8 Å². The fourth-order valence-electron chi connectivity index (χ4n) is 3.96. The highest BCUT2D eigenvalue weighted by molar-refractivity contribution is 7.22. The molecule has 0 unspecified atom stereocenters. The van der Waals surface area contributed by atoms with Crippen LogP contribution < -0.4 is 4.90 Å². The van der Waals surface area contributed by atoms with Crippen molar-refractivity contribution in [2.75, 3.05) is 44.3 Å². The number of benzene rings is 1. The van der Waals surface area contributed by atoms with Crippen LogP contribution in [0.25, 0.3) is 10.2 Å². The van der Waals surface area contributed by atoms with Gasteiger partial charge in [0.2, 0.25) is 0 Å². The van der Waals surface area contributed by atoms with Gasteiger partial charge in [-0.1, -0.05) is 17.4 Å². The molecule has 0 spiro atoms. The van der Waals surface area contributed by atoms with Crippen LogP contribution in [0.3, 0.4) is 0 Å². The van der Waals surface area contributed by atoms with Crippen molar-refractivity contribution in [3.63, 3.8) is 0 Å². The molecule has 1 aliphatic heterocycles. The molecule has 3 heterocycles. The Hall–Kier alpha value is -2.00. The van der Waals surface area contributed by atoms with Gasteiger partial charge in [0.1, 0.15) is 0 Å². The largest absolute Gasteiger partial charge is 0.379 e. The van der Waals surface area contributed by atoms with Crippen LogP contribution in [-0.4, -0.2) is 65.0 Å². The molecule has 1 amide bonds. The van der Waals surface area contributed by atoms with E-state index in [1.54, 1.807) is 11.3 Å². The average molecular weight is 478 g/mol. The van der Waals surface area contributed by atoms with Crippen molar-refractivity contribution >= 4 is 45.0 Å². The molecule has 1 fully saturated rings. The molecule has 0 radical (unpaired) electrons. The summed E-state index contributed by atoms with van der Waals surface area (Å²) in [5.74, 6) is -0.0780. The molecule has 0 aliphatic carbocycles. The number of rotatable bonds is 7. The Balaban J connectivity index is 0.00000289. The van der Waals surface area contributed by atoms with E-state index in [9.17, 15) is 4.79 Å². The average Bonchev–Trinajstić information content (AvgIpc) is 3.38. The molecule has 0 saturated carbocycles. The molecule has 1 saturated heterocycles. The molecular weight excluding hydrogens is 446 g/mol. The zero-order valence-corrected chi connectivity index (χ0v) is 20.9. The molecule has 2 aromatic heterocycles. The SMILES string of the molecule is CCn1nc(C(=O)N(CCCN2CCOCC2)c2nc3c(C)c(C)ccc3s2)cc1C.Cl. The molecule has 174 valence electrons. The van der Waals surface area contributed by atoms with Crippen LogP contribution in [-0.2, 0) is 11.3 Å². The van der Waals surface area contributed by atoms with Crippen LogP contribution in [0.4, 0.5) is 5.13 Å². The predicted octanol–water partition coefficient (Wildman–Crippen LogP) is 4.23. The van der Waals surface area contributed by atoms with Gasteiger partial charge in [-0.25, -0.2) is 4.98 Å². The molecule has 4 rings (SSSR count). The number of anilines is 1. The first kappa shape index (κ1) is 24.6. The fourth-order valence-corrected chi connectivity index (χ4v) is 5.01. The molecule has 9 heteroatoms. The van der Waals surface area contributed by atoms with Gasteiger partial charge in [-0.3, -0.25) is 19.3 Å². The number of amides is 1. The fraction of sp³-hybridized carbons (Fsp3) is 0.522. The van der Waals surface area contributed by atoms with Gasteiger partial charge < -0.3 is 4.74 Å². The van der Waals surface area contributed by atoms with Crippen LogP contribution in [0.2, 0.25) is 0 Å². The number of carbonyl (C=O) groups is 1. The zero-order valence-electron chi connectivity index (χ0n) is 19.3. The Morgan fingerprint density at radius 2 is 1.97 bits per heavy atom. The van der Waals surface area contributed by atoms with Gasteiger partial charge in [0.15, 0.2) is 10.8 Å². The Kier molecular flexibility index (Phi) is 8.27. The highest BCUT2D eigenvalue weighted by atomic mass is 35.5. The normalized spacial score (nSPS) is 14.5. The van der Waals surface area contributed by atoms with E-state index in [0.717, 1.165) is 66.9 Å². The number of hydrogen-bond donors (Lipinski definition) is 0.